The number of hydrogen-bond acceptors (Lipinski definition) is 2. The maximum atomic E-state index is 13.0. The third kappa shape index (κ3) is 2.05. The van der Waals surface area contributed by atoms with Gasteiger partial charge in [-0.25, -0.2) is 4.39 Å². The van der Waals surface area contributed by atoms with Crippen LogP contribution in [0.15, 0.2) is 30.9 Å². The summed E-state index contributed by atoms with van der Waals surface area (Å²) in [6.45, 7) is 3.24. The summed E-state index contributed by atoms with van der Waals surface area (Å²) in [5, 5.41) is 2.27. The Morgan fingerprint density at radius 2 is 2.31 bits per heavy atom. The zero-order valence-electron chi connectivity index (χ0n) is 6.88. The highest BCUT2D eigenvalue weighted by Gasteiger charge is 2.06. The molecule has 68 valence electrons. The van der Waals surface area contributed by atoms with E-state index < -0.39 is 11.7 Å². The molecule has 0 aromatic heterocycles. The van der Waals surface area contributed by atoms with E-state index in [2.05, 4.69) is 11.9 Å². The first-order chi connectivity index (χ1) is 6.15. The van der Waals surface area contributed by atoms with Gasteiger partial charge in [0, 0.05) is 0 Å². The van der Waals surface area contributed by atoms with Crippen LogP contribution in [0.3, 0.4) is 0 Å². The molecule has 1 amide bonds. The van der Waals surface area contributed by atoms with Gasteiger partial charge < -0.3 is 11.1 Å². The smallest absolute Gasteiger partial charge is 0.247 e. The summed E-state index contributed by atoms with van der Waals surface area (Å²) in [5.41, 5.74) is 5.62. The van der Waals surface area contributed by atoms with Gasteiger partial charge in [0.05, 0.1) is 5.69 Å². The van der Waals surface area contributed by atoms with Crippen molar-refractivity contribution in [3.05, 3.63) is 36.7 Å². The third-order valence-electron chi connectivity index (χ3n) is 1.48. The molecule has 0 spiro atoms. The van der Waals surface area contributed by atoms with E-state index in [1.165, 1.54) is 18.2 Å². The van der Waals surface area contributed by atoms with Gasteiger partial charge >= 0.3 is 0 Å². The lowest BCUT2D eigenvalue weighted by Crippen LogP contribution is -2.10. The highest BCUT2D eigenvalue weighted by Crippen LogP contribution is 2.21. The average molecular weight is 180 g/mol. The number of halogens is 1. The Kier molecular flexibility index (Phi) is 2.64. The second-order valence-electron chi connectivity index (χ2n) is 2.40. The van der Waals surface area contributed by atoms with Crippen LogP contribution in [-0.4, -0.2) is 5.91 Å². The van der Waals surface area contributed by atoms with Crippen LogP contribution in [0.1, 0.15) is 0 Å². The third-order valence-corrected chi connectivity index (χ3v) is 1.48. The lowest BCUT2D eigenvalue weighted by molar-refractivity contribution is -0.111. The highest BCUT2D eigenvalue weighted by molar-refractivity contribution is 6.00. The second-order valence-corrected chi connectivity index (χ2v) is 2.40. The summed E-state index contributed by atoms with van der Waals surface area (Å²) in [4.78, 5) is 10.8. The van der Waals surface area contributed by atoms with Crippen LogP contribution in [0, 0.1) is 5.82 Å². The van der Waals surface area contributed by atoms with E-state index in [1.807, 2.05) is 0 Å². The lowest BCUT2D eigenvalue weighted by Gasteiger charge is -2.06. The van der Waals surface area contributed by atoms with Crippen molar-refractivity contribution in [3.8, 4) is 0 Å². The largest absolute Gasteiger partial charge is 0.397 e. The number of nitrogens with two attached hydrogens (primary N) is 1. The van der Waals surface area contributed by atoms with Crippen molar-refractivity contribution in [2.75, 3.05) is 11.1 Å². The van der Waals surface area contributed by atoms with Crippen molar-refractivity contribution in [1.82, 2.24) is 0 Å². The first kappa shape index (κ1) is 9.25. The molecule has 1 rings (SSSR count). The standard InChI is InChI=1S/C9H9FN2O/c1-2-8(13)12-9-6(10)4-3-5-7(9)11/h2-5H,1,11H2,(H,12,13). The van der Waals surface area contributed by atoms with Crippen LogP contribution >= 0.6 is 0 Å². The number of hydrogen-bond donors (Lipinski definition) is 2. The summed E-state index contributed by atoms with van der Waals surface area (Å²) in [6.07, 6.45) is 1.05. The maximum Gasteiger partial charge on any atom is 0.247 e. The molecule has 0 saturated heterocycles. The fourth-order valence-corrected chi connectivity index (χ4v) is 0.847. The van der Waals surface area contributed by atoms with Gasteiger partial charge in [-0.1, -0.05) is 12.6 Å². The van der Waals surface area contributed by atoms with E-state index in [-0.39, 0.29) is 11.4 Å². The summed E-state index contributed by atoms with van der Waals surface area (Å²) >= 11 is 0. The topological polar surface area (TPSA) is 55.1 Å². The minimum absolute atomic E-state index is 0.00704. The molecule has 0 saturated carbocycles. The predicted molar refractivity (Wildman–Crippen MR) is 49.6 cm³/mol. The second kappa shape index (κ2) is 3.71. The molecule has 4 heteroatoms. The number of carbonyl (C=O) groups excluding carboxylic acids is 1. The van der Waals surface area contributed by atoms with Gasteiger partial charge in [0.1, 0.15) is 11.5 Å². The molecule has 0 unspecified atom stereocenters. The molecular weight excluding hydrogens is 171 g/mol. The summed E-state index contributed by atoms with van der Waals surface area (Å²) in [6, 6.07) is 4.19. The molecule has 1 aromatic rings. The minimum Gasteiger partial charge on any atom is -0.397 e. The van der Waals surface area contributed by atoms with Crippen molar-refractivity contribution < 1.29 is 9.18 Å². The molecule has 0 atom stereocenters. The predicted octanol–water partition coefficient (Wildman–Crippen LogP) is 1.53. The zero-order valence-corrected chi connectivity index (χ0v) is 6.88. The fraction of sp³-hybridized carbons (Fsp3) is 0. The van der Waals surface area contributed by atoms with Crippen LogP contribution in [0.5, 0.6) is 0 Å². The Bertz CT molecular complexity index is 329. The van der Waals surface area contributed by atoms with E-state index in [0.717, 1.165) is 6.08 Å². The molecule has 0 aliphatic heterocycles. The van der Waals surface area contributed by atoms with Crippen LogP contribution in [0.25, 0.3) is 0 Å². The van der Waals surface area contributed by atoms with Crippen molar-refractivity contribution in [3.63, 3.8) is 0 Å². The van der Waals surface area contributed by atoms with Crippen molar-refractivity contribution in [2.45, 2.75) is 0 Å². The van der Waals surface area contributed by atoms with Crippen molar-refractivity contribution in [2.24, 2.45) is 0 Å². The van der Waals surface area contributed by atoms with E-state index in [0.29, 0.717) is 0 Å². The number of amides is 1. The van der Waals surface area contributed by atoms with E-state index in [4.69, 9.17) is 5.73 Å². The first-order valence-corrected chi connectivity index (χ1v) is 3.62. The number of anilines is 2. The number of nitrogens with one attached hydrogen (secondary N) is 1. The van der Waals surface area contributed by atoms with Crippen molar-refractivity contribution in [1.29, 1.82) is 0 Å². The molecule has 0 aliphatic rings. The zero-order chi connectivity index (χ0) is 9.84. The van der Waals surface area contributed by atoms with Crippen LogP contribution in [0.4, 0.5) is 15.8 Å². The van der Waals surface area contributed by atoms with Crippen LogP contribution in [0.2, 0.25) is 0 Å². The molecule has 0 radical (unpaired) electrons. The quantitative estimate of drug-likeness (QED) is 0.535. The normalized spacial score (nSPS) is 9.31. The van der Waals surface area contributed by atoms with Gasteiger partial charge in [0.25, 0.3) is 0 Å². The molecule has 0 bridgehead atoms. The van der Waals surface area contributed by atoms with E-state index in [9.17, 15) is 9.18 Å². The number of benzene rings is 1. The van der Waals surface area contributed by atoms with E-state index >= 15 is 0 Å². The Balaban J connectivity index is 2.99. The fourth-order valence-electron chi connectivity index (χ4n) is 0.847. The monoisotopic (exact) mass is 180 g/mol. The van der Waals surface area contributed by atoms with Gasteiger partial charge in [-0.3, -0.25) is 4.79 Å². The van der Waals surface area contributed by atoms with Crippen LogP contribution < -0.4 is 11.1 Å². The van der Waals surface area contributed by atoms with E-state index in [1.54, 1.807) is 0 Å². The molecule has 1 aromatic carbocycles. The lowest BCUT2D eigenvalue weighted by atomic mass is 10.2. The average Bonchev–Trinajstić information content (AvgIpc) is 2.11. The van der Waals surface area contributed by atoms with Gasteiger partial charge in [-0.2, -0.15) is 0 Å². The maximum absolute atomic E-state index is 13.0. The molecule has 3 N–H and O–H groups in total. The molecule has 3 nitrogen and oxygen atoms in total. The molecule has 13 heavy (non-hydrogen) atoms. The minimum atomic E-state index is -0.560. The Morgan fingerprint density at radius 1 is 1.62 bits per heavy atom. The number of rotatable bonds is 2. The summed E-state index contributed by atoms with van der Waals surface area (Å²) in [7, 11) is 0. The first-order valence-electron chi connectivity index (χ1n) is 3.62. The molecular formula is C9H9FN2O. The van der Waals surface area contributed by atoms with Gasteiger partial charge in [0.2, 0.25) is 5.91 Å². The Hall–Kier alpha value is -1.84. The number of nitrogen functional groups attached to an aromatic ring is 1. The molecule has 0 aliphatic carbocycles. The number of para-hydroxylation sites is 1. The Morgan fingerprint density at radius 3 is 2.85 bits per heavy atom. The SMILES string of the molecule is C=CC(=O)Nc1c(N)cccc1F. The van der Waals surface area contributed by atoms with Gasteiger partial charge in [0.15, 0.2) is 0 Å². The molecule has 0 heterocycles. The highest BCUT2D eigenvalue weighted by atomic mass is 19.1. The van der Waals surface area contributed by atoms with Crippen molar-refractivity contribution >= 4 is 17.3 Å². The van der Waals surface area contributed by atoms with Gasteiger partial charge in [-0.05, 0) is 18.2 Å². The summed E-state index contributed by atoms with van der Waals surface area (Å²) in [5.74, 6) is -1.05. The summed E-state index contributed by atoms with van der Waals surface area (Å²) < 4.78 is 13.0. The number of carbonyl (C=O) groups is 1. The van der Waals surface area contributed by atoms with Crippen LogP contribution in [-0.2, 0) is 4.79 Å². The van der Waals surface area contributed by atoms with Gasteiger partial charge in [-0.15, -0.1) is 0 Å². The molecule has 0 fully saturated rings. The Labute approximate surface area is 75.1 Å².